The molecule has 0 saturated carbocycles. The van der Waals surface area contributed by atoms with E-state index in [1.54, 1.807) is 24.3 Å². The lowest BCUT2D eigenvalue weighted by Crippen LogP contribution is -2.36. The van der Waals surface area contributed by atoms with Gasteiger partial charge in [-0.2, -0.15) is 0 Å². The Morgan fingerprint density at radius 1 is 1.30 bits per heavy atom. The average molecular weight is 362 g/mol. The third kappa shape index (κ3) is 5.09. The predicted molar refractivity (Wildman–Crippen MR) is 95.5 cm³/mol. The van der Waals surface area contributed by atoms with Crippen LogP contribution in [0.15, 0.2) is 24.3 Å². The quantitative estimate of drug-likeness (QED) is 0.838. The third-order valence-electron chi connectivity index (χ3n) is 3.58. The number of carbonyl (C=O) groups excluding carboxylic acids is 1. The Labute approximate surface area is 143 Å². The van der Waals surface area contributed by atoms with Crippen molar-refractivity contribution in [3.05, 3.63) is 24.3 Å². The zero-order valence-corrected chi connectivity index (χ0v) is 15.0. The van der Waals surface area contributed by atoms with Crippen LogP contribution in [0.3, 0.4) is 0 Å². The van der Waals surface area contributed by atoms with E-state index in [9.17, 15) is 13.2 Å². The summed E-state index contributed by atoms with van der Waals surface area (Å²) in [4.78, 5) is 11.9. The fourth-order valence-electron chi connectivity index (χ4n) is 2.49. The summed E-state index contributed by atoms with van der Waals surface area (Å²) in [7, 11) is -3.18. The maximum absolute atomic E-state index is 11.9. The van der Waals surface area contributed by atoms with Crippen molar-refractivity contribution in [3.8, 4) is 0 Å². The van der Waals surface area contributed by atoms with Crippen LogP contribution in [0.5, 0.6) is 0 Å². The zero-order chi connectivity index (χ0) is 16.3. The van der Waals surface area contributed by atoms with Gasteiger partial charge in [0.2, 0.25) is 15.9 Å². The van der Waals surface area contributed by atoms with Gasteiger partial charge >= 0.3 is 0 Å². The Morgan fingerprint density at radius 2 is 1.91 bits per heavy atom. The molecular weight excluding hydrogens is 338 g/mol. The van der Waals surface area contributed by atoms with Crippen LogP contribution in [-0.2, 0) is 14.8 Å². The van der Waals surface area contributed by atoms with Crippen molar-refractivity contribution in [3.63, 3.8) is 0 Å². The van der Waals surface area contributed by atoms with E-state index in [2.05, 4.69) is 5.32 Å². The molecular formula is C15H24ClN3O3S. The molecule has 0 radical (unpaired) electrons. The lowest BCUT2D eigenvalue weighted by molar-refractivity contribution is -0.117. The van der Waals surface area contributed by atoms with Gasteiger partial charge in [0.25, 0.3) is 0 Å². The summed E-state index contributed by atoms with van der Waals surface area (Å²) in [5, 5.41) is 2.75. The van der Waals surface area contributed by atoms with Crippen LogP contribution in [0.4, 0.5) is 11.4 Å². The van der Waals surface area contributed by atoms with Gasteiger partial charge in [-0.25, -0.2) is 8.42 Å². The summed E-state index contributed by atoms with van der Waals surface area (Å²) in [5.41, 5.74) is 7.07. The van der Waals surface area contributed by atoms with Crippen molar-refractivity contribution in [2.45, 2.75) is 32.7 Å². The summed E-state index contributed by atoms with van der Waals surface area (Å²) in [6.07, 6.45) is 1.26. The first-order chi connectivity index (χ1) is 10.3. The largest absolute Gasteiger partial charge is 0.325 e. The molecule has 23 heavy (non-hydrogen) atoms. The highest BCUT2D eigenvalue weighted by Crippen LogP contribution is 2.25. The molecule has 3 N–H and O–H groups in total. The molecule has 1 atom stereocenters. The molecule has 1 fully saturated rings. The van der Waals surface area contributed by atoms with Gasteiger partial charge in [0.05, 0.1) is 17.5 Å². The SMILES string of the molecule is CC(C)C[C@H](N)C(=O)Nc1ccc(N2CCCS2(=O)=O)cc1.Cl. The van der Waals surface area contributed by atoms with Gasteiger partial charge in [-0.1, -0.05) is 13.8 Å². The molecule has 0 aromatic heterocycles. The maximum atomic E-state index is 11.9. The van der Waals surface area contributed by atoms with Gasteiger partial charge in [-0.3, -0.25) is 9.10 Å². The van der Waals surface area contributed by atoms with Crippen molar-refractivity contribution in [1.82, 2.24) is 0 Å². The van der Waals surface area contributed by atoms with Crippen molar-refractivity contribution in [2.75, 3.05) is 21.9 Å². The number of nitrogens with one attached hydrogen (secondary N) is 1. The summed E-state index contributed by atoms with van der Waals surface area (Å²) in [5.74, 6) is 0.314. The number of carbonyl (C=O) groups is 1. The summed E-state index contributed by atoms with van der Waals surface area (Å²) >= 11 is 0. The summed E-state index contributed by atoms with van der Waals surface area (Å²) in [6, 6.07) is 6.25. The number of amides is 1. The van der Waals surface area contributed by atoms with Gasteiger partial charge in [-0.05, 0) is 43.0 Å². The van der Waals surface area contributed by atoms with E-state index in [0.29, 0.717) is 36.7 Å². The molecule has 1 amide bonds. The van der Waals surface area contributed by atoms with Gasteiger partial charge < -0.3 is 11.1 Å². The molecule has 0 aliphatic carbocycles. The Balaban J connectivity index is 0.00000264. The molecule has 0 bridgehead atoms. The highest BCUT2D eigenvalue weighted by Gasteiger charge is 2.28. The van der Waals surface area contributed by atoms with Crippen LogP contribution >= 0.6 is 12.4 Å². The molecule has 1 saturated heterocycles. The first-order valence-corrected chi connectivity index (χ1v) is 9.07. The fraction of sp³-hybridized carbons (Fsp3) is 0.533. The van der Waals surface area contributed by atoms with Crippen LogP contribution in [0.2, 0.25) is 0 Å². The third-order valence-corrected chi connectivity index (χ3v) is 5.45. The molecule has 6 nitrogen and oxygen atoms in total. The van der Waals surface area contributed by atoms with E-state index in [-0.39, 0.29) is 24.1 Å². The number of rotatable bonds is 5. The van der Waals surface area contributed by atoms with E-state index < -0.39 is 16.1 Å². The minimum atomic E-state index is -3.18. The van der Waals surface area contributed by atoms with Crippen LogP contribution in [0, 0.1) is 5.92 Å². The van der Waals surface area contributed by atoms with Crippen molar-refractivity contribution in [1.29, 1.82) is 0 Å². The minimum absolute atomic E-state index is 0. The molecule has 2 rings (SSSR count). The van der Waals surface area contributed by atoms with Crippen LogP contribution < -0.4 is 15.4 Å². The second kappa shape index (κ2) is 7.99. The van der Waals surface area contributed by atoms with Crippen LogP contribution in [0.25, 0.3) is 0 Å². The number of nitrogens with two attached hydrogens (primary N) is 1. The molecule has 1 aromatic rings. The second-order valence-corrected chi connectivity index (χ2v) is 8.03. The van der Waals surface area contributed by atoms with Gasteiger partial charge in [-0.15, -0.1) is 12.4 Å². The number of nitrogens with zero attached hydrogens (tertiary/aromatic N) is 1. The number of benzene rings is 1. The maximum Gasteiger partial charge on any atom is 0.241 e. The van der Waals surface area contributed by atoms with Gasteiger partial charge in [0.15, 0.2) is 0 Å². The van der Waals surface area contributed by atoms with Gasteiger partial charge in [0.1, 0.15) is 0 Å². The van der Waals surface area contributed by atoms with Crippen LogP contribution in [0.1, 0.15) is 26.7 Å². The van der Waals surface area contributed by atoms with Gasteiger partial charge in [0, 0.05) is 12.2 Å². The molecule has 0 unspecified atom stereocenters. The van der Waals surface area contributed by atoms with E-state index in [0.717, 1.165) is 0 Å². The molecule has 1 aliphatic heterocycles. The Bertz CT molecular complexity index is 632. The number of hydrogen-bond donors (Lipinski definition) is 2. The van der Waals surface area contributed by atoms with Crippen molar-refractivity contribution in [2.24, 2.45) is 11.7 Å². The molecule has 1 heterocycles. The van der Waals surface area contributed by atoms with E-state index in [4.69, 9.17) is 5.73 Å². The topological polar surface area (TPSA) is 92.5 Å². The number of sulfonamides is 1. The zero-order valence-electron chi connectivity index (χ0n) is 13.4. The van der Waals surface area contributed by atoms with E-state index >= 15 is 0 Å². The highest BCUT2D eigenvalue weighted by molar-refractivity contribution is 7.93. The van der Waals surface area contributed by atoms with Crippen molar-refractivity contribution >= 4 is 39.7 Å². The Morgan fingerprint density at radius 3 is 2.39 bits per heavy atom. The second-order valence-electron chi connectivity index (χ2n) is 6.01. The molecule has 1 aliphatic rings. The lowest BCUT2D eigenvalue weighted by atomic mass is 10.0. The Hall–Kier alpha value is -1.31. The summed E-state index contributed by atoms with van der Waals surface area (Å²) in [6.45, 7) is 4.53. The minimum Gasteiger partial charge on any atom is -0.325 e. The first kappa shape index (κ1) is 19.7. The summed E-state index contributed by atoms with van der Waals surface area (Å²) < 4.78 is 25.1. The van der Waals surface area contributed by atoms with E-state index in [1.165, 1.54) is 4.31 Å². The number of halogens is 1. The smallest absolute Gasteiger partial charge is 0.241 e. The predicted octanol–water partition coefficient (Wildman–Crippen LogP) is 1.96. The standard InChI is InChI=1S/C15H23N3O3S.ClH/c1-11(2)10-14(16)15(19)17-12-4-6-13(7-5-12)18-8-3-9-22(18,20)21;/h4-7,11,14H,3,8-10,16H2,1-2H3,(H,17,19);1H/t14-;/m0./s1. The van der Waals surface area contributed by atoms with E-state index in [1.807, 2.05) is 13.8 Å². The molecule has 130 valence electrons. The Kier molecular flexibility index (Phi) is 6.85. The lowest BCUT2D eigenvalue weighted by Gasteiger charge is -2.18. The molecule has 8 heteroatoms. The van der Waals surface area contributed by atoms with Crippen LogP contribution in [-0.4, -0.2) is 32.7 Å². The van der Waals surface area contributed by atoms with Crippen molar-refractivity contribution < 1.29 is 13.2 Å². The molecule has 0 spiro atoms. The highest BCUT2D eigenvalue weighted by atomic mass is 35.5. The average Bonchev–Trinajstić information content (AvgIpc) is 2.78. The fourth-order valence-corrected chi connectivity index (χ4v) is 4.05. The number of anilines is 2. The molecule has 1 aromatic carbocycles. The normalized spacial score (nSPS) is 17.7. The number of hydrogen-bond acceptors (Lipinski definition) is 4. The first-order valence-electron chi connectivity index (χ1n) is 7.46. The monoisotopic (exact) mass is 361 g/mol.